The van der Waals surface area contributed by atoms with Gasteiger partial charge in [0.15, 0.2) is 0 Å². The van der Waals surface area contributed by atoms with Gasteiger partial charge >= 0.3 is 13.6 Å². The van der Waals surface area contributed by atoms with Crippen molar-refractivity contribution in [3.05, 3.63) is 57.2 Å². The molecule has 0 aliphatic carbocycles. The van der Waals surface area contributed by atoms with Crippen LogP contribution in [0.5, 0.6) is 0 Å². The predicted octanol–water partition coefficient (Wildman–Crippen LogP) is 4.06. The molecule has 0 amide bonds. The van der Waals surface area contributed by atoms with Crippen LogP contribution in [0.15, 0.2) is 35.1 Å². The largest absolute Gasteiger partial charge is 0.465 e. The van der Waals surface area contributed by atoms with Crippen LogP contribution in [-0.4, -0.2) is 35.3 Å². The number of esters is 1. The molecule has 0 N–H and O–H groups in total. The molecule has 0 saturated carbocycles. The van der Waals surface area contributed by atoms with Gasteiger partial charge < -0.3 is 13.8 Å². The summed E-state index contributed by atoms with van der Waals surface area (Å²) in [7, 11) is -4.12. The first-order valence-corrected chi connectivity index (χ1v) is 11.2. The van der Waals surface area contributed by atoms with Gasteiger partial charge in [-0.3, -0.25) is 18.7 Å². The van der Waals surface area contributed by atoms with E-state index in [2.05, 4.69) is 4.98 Å². The Morgan fingerprint density at radius 3 is 2.24 bits per heavy atom. The molecule has 0 aliphatic rings. The van der Waals surface area contributed by atoms with Gasteiger partial charge in [0.05, 0.1) is 25.5 Å². The van der Waals surface area contributed by atoms with Gasteiger partial charge in [-0.1, -0.05) is 29.8 Å². The zero-order valence-corrected chi connectivity index (χ0v) is 18.4. The van der Waals surface area contributed by atoms with Crippen LogP contribution in [0, 0.1) is 6.92 Å². The van der Waals surface area contributed by atoms with Crippen molar-refractivity contribution in [1.29, 1.82) is 0 Å². The van der Waals surface area contributed by atoms with E-state index in [1.807, 2.05) is 0 Å². The van der Waals surface area contributed by atoms with Crippen LogP contribution in [-0.2, 0) is 23.1 Å². The zero-order valence-electron chi connectivity index (χ0n) is 16.8. The maximum absolute atomic E-state index is 13.4. The number of rotatable bonds is 9. The lowest BCUT2D eigenvalue weighted by molar-refractivity contribution is -0.143. The highest BCUT2D eigenvalue weighted by molar-refractivity contribution is 7.55. The van der Waals surface area contributed by atoms with Crippen molar-refractivity contribution in [2.45, 2.75) is 33.4 Å². The maximum atomic E-state index is 13.4. The van der Waals surface area contributed by atoms with Crippen LogP contribution in [0.4, 0.5) is 0 Å². The number of ether oxygens (including phenoxy) is 1. The number of carbonyl (C=O) groups excluding carboxylic acids is 1. The lowest BCUT2D eigenvalue weighted by Crippen LogP contribution is -2.32. The van der Waals surface area contributed by atoms with Gasteiger partial charge in [-0.15, -0.1) is 0 Å². The minimum Gasteiger partial charge on any atom is -0.465 e. The summed E-state index contributed by atoms with van der Waals surface area (Å²) >= 11 is 6.28. The summed E-state index contributed by atoms with van der Waals surface area (Å²) in [4.78, 5) is 30.2. The molecule has 0 aliphatic heterocycles. The standard InChI is InChI=1S/C19H24ClN2O6P/c1-5-26-19(24)16(29(25,27-6-2)28-7-3)15-18(23)22(13(4)17(20)21-15)14-11-9-8-10-12-14/h8-12,16H,5-7H2,1-4H3. The molecule has 10 heteroatoms. The quantitative estimate of drug-likeness (QED) is 0.426. The number of aromatic nitrogens is 2. The monoisotopic (exact) mass is 442 g/mol. The number of nitrogens with zero attached hydrogens (tertiary/aromatic N) is 2. The SMILES string of the molecule is CCOC(=O)C(c1nc(Cl)c(C)n(-c2ccccc2)c1=O)P(=O)(OCC)OCC. The summed E-state index contributed by atoms with van der Waals surface area (Å²) in [5.74, 6) is -0.929. The summed E-state index contributed by atoms with van der Waals surface area (Å²) in [6.07, 6.45) is 0. The first-order chi connectivity index (χ1) is 13.8. The maximum Gasteiger partial charge on any atom is 0.351 e. The fourth-order valence-corrected chi connectivity index (χ4v) is 4.89. The molecule has 1 aromatic heterocycles. The normalized spacial score (nSPS) is 12.6. The van der Waals surface area contributed by atoms with Crippen LogP contribution in [0.2, 0.25) is 5.15 Å². The van der Waals surface area contributed by atoms with Gasteiger partial charge in [0.25, 0.3) is 5.56 Å². The lowest BCUT2D eigenvalue weighted by Gasteiger charge is -2.25. The van der Waals surface area contributed by atoms with E-state index in [0.29, 0.717) is 11.4 Å². The fourth-order valence-electron chi connectivity index (χ4n) is 2.82. The Morgan fingerprint density at radius 1 is 1.14 bits per heavy atom. The molecule has 0 bridgehead atoms. The molecule has 1 unspecified atom stereocenters. The molecule has 1 aromatic carbocycles. The number of halogens is 1. The average molecular weight is 443 g/mol. The second kappa shape index (κ2) is 10.2. The topological polar surface area (TPSA) is 96.7 Å². The summed E-state index contributed by atoms with van der Waals surface area (Å²) < 4.78 is 30.5. The van der Waals surface area contributed by atoms with E-state index in [0.717, 1.165) is 0 Å². The number of para-hydroxylation sites is 1. The molecule has 0 radical (unpaired) electrons. The van der Waals surface area contributed by atoms with Crippen LogP contribution >= 0.6 is 19.2 Å². The van der Waals surface area contributed by atoms with E-state index < -0.39 is 24.8 Å². The van der Waals surface area contributed by atoms with Crippen LogP contribution in [0.3, 0.4) is 0 Å². The van der Waals surface area contributed by atoms with Gasteiger partial charge in [-0.25, -0.2) is 4.98 Å². The predicted molar refractivity (Wildman–Crippen MR) is 110 cm³/mol. The Morgan fingerprint density at radius 2 is 1.72 bits per heavy atom. The third-order valence-corrected chi connectivity index (χ3v) is 6.67. The molecule has 0 saturated heterocycles. The van der Waals surface area contributed by atoms with Gasteiger partial charge in [0.2, 0.25) is 5.66 Å². The highest BCUT2D eigenvalue weighted by Crippen LogP contribution is 2.60. The summed E-state index contributed by atoms with van der Waals surface area (Å²) in [6, 6.07) is 8.72. The average Bonchev–Trinajstić information content (AvgIpc) is 2.67. The fraction of sp³-hybridized carbons (Fsp3) is 0.421. The van der Waals surface area contributed by atoms with Crippen molar-refractivity contribution < 1.29 is 23.1 Å². The molecule has 1 heterocycles. The molecule has 8 nitrogen and oxygen atoms in total. The third-order valence-electron chi connectivity index (χ3n) is 3.99. The molecule has 0 fully saturated rings. The Bertz CT molecular complexity index is 953. The molecule has 158 valence electrons. The van der Waals surface area contributed by atoms with Crippen molar-refractivity contribution >= 4 is 25.2 Å². The van der Waals surface area contributed by atoms with Crippen molar-refractivity contribution in [2.24, 2.45) is 0 Å². The highest BCUT2D eigenvalue weighted by atomic mass is 35.5. The van der Waals surface area contributed by atoms with E-state index >= 15 is 0 Å². The second-order valence-corrected chi connectivity index (χ2v) is 8.35. The van der Waals surface area contributed by atoms with Gasteiger partial charge in [0.1, 0.15) is 10.8 Å². The Balaban J connectivity index is 2.81. The zero-order chi connectivity index (χ0) is 21.6. The molecule has 29 heavy (non-hydrogen) atoms. The molecule has 2 aromatic rings. The first-order valence-electron chi connectivity index (χ1n) is 9.20. The van der Waals surface area contributed by atoms with Gasteiger partial charge in [-0.05, 0) is 39.8 Å². The van der Waals surface area contributed by atoms with Crippen molar-refractivity contribution in [1.82, 2.24) is 9.55 Å². The summed E-state index contributed by atoms with van der Waals surface area (Å²) in [5, 5.41) is -0.0164. The molecular formula is C19H24ClN2O6P. The smallest absolute Gasteiger partial charge is 0.351 e. The summed E-state index contributed by atoms with van der Waals surface area (Å²) in [5.41, 5.74) is -1.78. The van der Waals surface area contributed by atoms with E-state index in [1.54, 1.807) is 58.0 Å². The Hall–Kier alpha value is -1.99. The minimum absolute atomic E-state index is 0.000345. The van der Waals surface area contributed by atoms with E-state index in [9.17, 15) is 14.2 Å². The van der Waals surface area contributed by atoms with Crippen LogP contribution in [0.25, 0.3) is 5.69 Å². The van der Waals surface area contributed by atoms with Crippen LogP contribution < -0.4 is 5.56 Å². The molecule has 1 atom stereocenters. The summed E-state index contributed by atoms with van der Waals surface area (Å²) in [6.45, 7) is 6.44. The third kappa shape index (κ3) is 4.95. The number of hydrogen-bond donors (Lipinski definition) is 0. The van der Waals surface area contributed by atoms with Crippen LogP contribution in [0.1, 0.15) is 37.8 Å². The number of hydrogen-bond acceptors (Lipinski definition) is 7. The Kier molecular flexibility index (Phi) is 8.16. The molecule has 0 spiro atoms. The van der Waals surface area contributed by atoms with E-state index in [1.165, 1.54) is 4.57 Å². The lowest BCUT2D eigenvalue weighted by atomic mass is 10.2. The highest BCUT2D eigenvalue weighted by Gasteiger charge is 2.47. The van der Waals surface area contributed by atoms with Gasteiger partial charge in [-0.2, -0.15) is 0 Å². The minimum atomic E-state index is -4.12. The number of benzene rings is 1. The first kappa shape index (κ1) is 23.3. The van der Waals surface area contributed by atoms with Crippen molar-refractivity contribution in [2.75, 3.05) is 19.8 Å². The van der Waals surface area contributed by atoms with E-state index in [4.69, 9.17) is 25.4 Å². The van der Waals surface area contributed by atoms with Gasteiger partial charge in [0, 0.05) is 5.69 Å². The Labute approximate surface area is 174 Å². The molecular weight excluding hydrogens is 419 g/mol. The van der Waals surface area contributed by atoms with E-state index in [-0.39, 0.29) is 30.7 Å². The molecule has 2 rings (SSSR count). The van der Waals surface area contributed by atoms with Crippen molar-refractivity contribution in [3.63, 3.8) is 0 Å². The second-order valence-electron chi connectivity index (χ2n) is 5.88. The number of carbonyl (C=O) groups is 1. The van der Waals surface area contributed by atoms with Crippen molar-refractivity contribution in [3.8, 4) is 5.69 Å².